The molecule has 1 aliphatic rings. The maximum absolute atomic E-state index is 11.6. The molecule has 1 aliphatic carbocycles. The maximum atomic E-state index is 11.6. The standard InChI is InChI=1S/C12H22N2O3/c1-9(11(15)16)4-3-7-13-12(17)14(2)8-10-5-6-10/h9-10H,3-8H2,1-2H3,(H,13,17)(H,15,16). The van der Waals surface area contributed by atoms with E-state index in [0.717, 1.165) is 6.54 Å². The highest BCUT2D eigenvalue weighted by molar-refractivity contribution is 5.73. The van der Waals surface area contributed by atoms with Crippen molar-refractivity contribution < 1.29 is 14.7 Å². The Morgan fingerprint density at radius 2 is 2.12 bits per heavy atom. The summed E-state index contributed by atoms with van der Waals surface area (Å²) in [6, 6.07) is -0.0557. The molecule has 2 N–H and O–H groups in total. The summed E-state index contributed by atoms with van der Waals surface area (Å²) in [5.74, 6) is -0.420. The van der Waals surface area contributed by atoms with Crippen molar-refractivity contribution in [2.45, 2.75) is 32.6 Å². The molecule has 1 saturated carbocycles. The molecular formula is C12H22N2O3. The topological polar surface area (TPSA) is 69.6 Å². The van der Waals surface area contributed by atoms with Crippen LogP contribution in [0.15, 0.2) is 0 Å². The summed E-state index contributed by atoms with van der Waals surface area (Å²) in [4.78, 5) is 23.9. The molecule has 0 saturated heterocycles. The Labute approximate surface area is 102 Å². The van der Waals surface area contributed by atoms with Crippen LogP contribution in [-0.2, 0) is 4.79 Å². The Balaban J connectivity index is 2.04. The lowest BCUT2D eigenvalue weighted by molar-refractivity contribution is -0.141. The summed E-state index contributed by atoms with van der Waals surface area (Å²) in [7, 11) is 1.80. The van der Waals surface area contributed by atoms with Crippen LogP contribution in [0.4, 0.5) is 4.79 Å². The Morgan fingerprint density at radius 3 is 2.65 bits per heavy atom. The van der Waals surface area contributed by atoms with Gasteiger partial charge in [-0.2, -0.15) is 0 Å². The zero-order chi connectivity index (χ0) is 12.8. The van der Waals surface area contributed by atoms with Gasteiger partial charge < -0.3 is 15.3 Å². The number of carbonyl (C=O) groups is 2. The van der Waals surface area contributed by atoms with E-state index in [-0.39, 0.29) is 11.9 Å². The number of aliphatic carboxylic acids is 1. The highest BCUT2D eigenvalue weighted by Crippen LogP contribution is 2.29. The molecule has 1 rings (SSSR count). The Morgan fingerprint density at radius 1 is 1.47 bits per heavy atom. The van der Waals surface area contributed by atoms with Crippen molar-refractivity contribution in [1.82, 2.24) is 10.2 Å². The summed E-state index contributed by atoms with van der Waals surface area (Å²) >= 11 is 0. The minimum atomic E-state index is -0.776. The van der Waals surface area contributed by atoms with Gasteiger partial charge in [0.25, 0.3) is 0 Å². The lowest BCUT2D eigenvalue weighted by atomic mass is 10.1. The zero-order valence-corrected chi connectivity index (χ0v) is 10.6. The summed E-state index contributed by atoms with van der Waals surface area (Å²) in [5.41, 5.74) is 0. The van der Waals surface area contributed by atoms with Crippen molar-refractivity contribution in [1.29, 1.82) is 0 Å². The molecule has 2 amide bonds. The molecule has 0 radical (unpaired) electrons. The molecule has 5 heteroatoms. The third kappa shape index (κ3) is 5.56. The normalized spacial score (nSPS) is 16.4. The average molecular weight is 242 g/mol. The van der Waals surface area contributed by atoms with Crippen LogP contribution in [0.1, 0.15) is 32.6 Å². The maximum Gasteiger partial charge on any atom is 0.317 e. The predicted octanol–water partition coefficient (Wildman–Crippen LogP) is 1.54. The Hall–Kier alpha value is -1.26. The summed E-state index contributed by atoms with van der Waals surface area (Å²) < 4.78 is 0. The highest BCUT2D eigenvalue weighted by Gasteiger charge is 2.24. The first-order valence-corrected chi connectivity index (χ1v) is 6.22. The lowest BCUT2D eigenvalue weighted by Crippen LogP contribution is -2.38. The van der Waals surface area contributed by atoms with Crippen molar-refractivity contribution in [3.63, 3.8) is 0 Å². The van der Waals surface area contributed by atoms with Crippen molar-refractivity contribution in [2.24, 2.45) is 11.8 Å². The first-order chi connectivity index (χ1) is 8.00. The number of hydrogen-bond donors (Lipinski definition) is 2. The molecule has 0 aromatic carbocycles. The molecular weight excluding hydrogens is 220 g/mol. The van der Waals surface area contributed by atoms with Crippen LogP contribution in [-0.4, -0.2) is 42.1 Å². The number of hydrogen-bond acceptors (Lipinski definition) is 2. The minimum Gasteiger partial charge on any atom is -0.481 e. The Kier molecular flexibility index (Phi) is 5.25. The second-order valence-corrected chi connectivity index (χ2v) is 4.94. The molecule has 5 nitrogen and oxygen atoms in total. The monoisotopic (exact) mass is 242 g/mol. The van der Waals surface area contributed by atoms with Crippen LogP contribution < -0.4 is 5.32 Å². The van der Waals surface area contributed by atoms with Gasteiger partial charge in [0.05, 0.1) is 5.92 Å². The summed E-state index contributed by atoms with van der Waals surface area (Å²) in [6.45, 7) is 3.06. The zero-order valence-electron chi connectivity index (χ0n) is 10.6. The SMILES string of the molecule is CC(CCCNC(=O)N(C)CC1CC1)C(=O)O. The van der Waals surface area contributed by atoms with Gasteiger partial charge in [-0.3, -0.25) is 4.79 Å². The molecule has 17 heavy (non-hydrogen) atoms. The average Bonchev–Trinajstić information content (AvgIpc) is 3.07. The van der Waals surface area contributed by atoms with E-state index < -0.39 is 5.97 Å². The van der Waals surface area contributed by atoms with Gasteiger partial charge in [-0.05, 0) is 31.6 Å². The number of carbonyl (C=O) groups excluding carboxylic acids is 1. The lowest BCUT2D eigenvalue weighted by Gasteiger charge is -2.17. The first kappa shape index (κ1) is 13.8. The van der Waals surface area contributed by atoms with Crippen LogP contribution in [0, 0.1) is 11.8 Å². The fourth-order valence-electron chi connectivity index (χ4n) is 1.63. The second kappa shape index (κ2) is 6.47. The van der Waals surface area contributed by atoms with Gasteiger partial charge >= 0.3 is 12.0 Å². The van der Waals surface area contributed by atoms with E-state index in [1.807, 2.05) is 0 Å². The third-order valence-corrected chi connectivity index (χ3v) is 3.09. The van der Waals surface area contributed by atoms with E-state index in [1.165, 1.54) is 12.8 Å². The quantitative estimate of drug-likeness (QED) is 0.665. The highest BCUT2D eigenvalue weighted by atomic mass is 16.4. The van der Waals surface area contributed by atoms with Crippen LogP contribution in [0.2, 0.25) is 0 Å². The van der Waals surface area contributed by atoms with Gasteiger partial charge in [-0.1, -0.05) is 6.92 Å². The number of nitrogens with one attached hydrogen (secondary N) is 1. The van der Waals surface area contributed by atoms with Crippen molar-refractivity contribution in [2.75, 3.05) is 20.1 Å². The van der Waals surface area contributed by atoms with Crippen LogP contribution in [0.25, 0.3) is 0 Å². The third-order valence-electron chi connectivity index (χ3n) is 3.09. The van der Waals surface area contributed by atoms with Crippen LogP contribution in [0.5, 0.6) is 0 Å². The fourth-order valence-corrected chi connectivity index (χ4v) is 1.63. The molecule has 1 unspecified atom stereocenters. The number of carboxylic acid groups (broad SMARTS) is 1. The summed E-state index contributed by atoms with van der Waals surface area (Å²) in [6.07, 6.45) is 3.76. The van der Waals surface area contributed by atoms with E-state index >= 15 is 0 Å². The molecule has 0 aliphatic heterocycles. The molecule has 0 bridgehead atoms. The van der Waals surface area contributed by atoms with Crippen LogP contribution in [0.3, 0.4) is 0 Å². The smallest absolute Gasteiger partial charge is 0.317 e. The van der Waals surface area contributed by atoms with Gasteiger partial charge in [0, 0.05) is 20.1 Å². The van der Waals surface area contributed by atoms with Gasteiger partial charge in [0.1, 0.15) is 0 Å². The molecule has 98 valence electrons. The van der Waals surface area contributed by atoms with E-state index in [4.69, 9.17) is 5.11 Å². The van der Waals surface area contributed by atoms with E-state index in [2.05, 4.69) is 5.32 Å². The molecule has 0 spiro atoms. The van der Waals surface area contributed by atoms with Crippen LogP contribution >= 0.6 is 0 Å². The largest absolute Gasteiger partial charge is 0.481 e. The van der Waals surface area contributed by atoms with Crippen molar-refractivity contribution >= 4 is 12.0 Å². The van der Waals surface area contributed by atoms with E-state index in [0.29, 0.717) is 25.3 Å². The molecule has 0 heterocycles. The van der Waals surface area contributed by atoms with Gasteiger partial charge in [-0.25, -0.2) is 4.79 Å². The Bertz CT molecular complexity index is 277. The number of amides is 2. The van der Waals surface area contributed by atoms with Gasteiger partial charge in [0.15, 0.2) is 0 Å². The number of nitrogens with zero attached hydrogens (tertiary/aromatic N) is 1. The molecule has 0 aromatic heterocycles. The minimum absolute atomic E-state index is 0.0557. The molecule has 1 atom stereocenters. The van der Waals surface area contributed by atoms with Crippen molar-refractivity contribution in [3.05, 3.63) is 0 Å². The molecule has 0 aromatic rings. The first-order valence-electron chi connectivity index (χ1n) is 6.22. The number of urea groups is 1. The summed E-state index contributed by atoms with van der Waals surface area (Å²) in [5, 5.41) is 11.5. The second-order valence-electron chi connectivity index (χ2n) is 4.94. The van der Waals surface area contributed by atoms with Gasteiger partial charge in [-0.15, -0.1) is 0 Å². The number of rotatable bonds is 7. The number of carboxylic acids is 1. The fraction of sp³-hybridized carbons (Fsp3) is 0.833. The molecule has 1 fully saturated rings. The predicted molar refractivity (Wildman–Crippen MR) is 64.8 cm³/mol. The van der Waals surface area contributed by atoms with E-state index in [1.54, 1.807) is 18.9 Å². The van der Waals surface area contributed by atoms with Crippen molar-refractivity contribution in [3.8, 4) is 0 Å². The van der Waals surface area contributed by atoms with E-state index in [9.17, 15) is 9.59 Å². The van der Waals surface area contributed by atoms with Gasteiger partial charge in [0.2, 0.25) is 0 Å².